The standard InChI is InChI=1S/C21H32O4/c1-13-6-9-17-20(2,3)18(22)10-11-21(17,4)15(13)8-7-14(16-12-25-16)19(23)24-5/h7,15-18,22H,1,6,8-12H2,2-5H3/b14-7+/t15-,16?,17?,18-,21+/m0/s1. The summed E-state index contributed by atoms with van der Waals surface area (Å²) >= 11 is 0. The molecular weight excluding hydrogens is 316 g/mol. The maximum atomic E-state index is 12.0. The van der Waals surface area contributed by atoms with Gasteiger partial charge in [-0.25, -0.2) is 4.79 Å². The summed E-state index contributed by atoms with van der Waals surface area (Å²) < 4.78 is 10.2. The molecule has 0 aromatic heterocycles. The molecule has 0 bridgehead atoms. The molecular formula is C21H32O4. The van der Waals surface area contributed by atoms with Crippen LogP contribution in [0.15, 0.2) is 23.8 Å². The van der Waals surface area contributed by atoms with Crippen molar-refractivity contribution in [3.8, 4) is 0 Å². The number of carbonyl (C=O) groups excluding carboxylic acids is 1. The maximum absolute atomic E-state index is 12.0. The average molecular weight is 348 g/mol. The lowest BCUT2D eigenvalue weighted by Gasteiger charge is -2.59. The minimum atomic E-state index is -0.287. The molecule has 3 aliphatic rings. The Kier molecular flexibility index (Phi) is 4.89. The molecule has 1 N–H and O–H groups in total. The third-order valence-corrected chi connectivity index (χ3v) is 7.23. The van der Waals surface area contributed by atoms with Gasteiger partial charge in [-0.05, 0) is 54.8 Å². The van der Waals surface area contributed by atoms with Gasteiger partial charge in [0.25, 0.3) is 0 Å². The van der Waals surface area contributed by atoms with Crippen LogP contribution in [0.5, 0.6) is 0 Å². The summed E-state index contributed by atoms with van der Waals surface area (Å²) in [4.78, 5) is 12.0. The highest BCUT2D eigenvalue weighted by atomic mass is 16.6. The first-order chi connectivity index (χ1) is 11.7. The van der Waals surface area contributed by atoms with E-state index in [1.54, 1.807) is 0 Å². The third-order valence-electron chi connectivity index (χ3n) is 7.23. The lowest BCUT2D eigenvalue weighted by molar-refractivity contribution is -0.136. The summed E-state index contributed by atoms with van der Waals surface area (Å²) in [6.07, 6.45) is 6.41. The summed E-state index contributed by atoms with van der Waals surface area (Å²) in [7, 11) is 1.42. The predicted octanol–water partition coefficient (Wildman–Crippen LogP) is 3.64. The first-order valence-corrected chi connectivity index (χ1v) is 9.47. The van der Waals surface area contributed by atoms with E-state index >= 15 is 0 Å². The largest absolute Gasteiger partial charge is 0.466 e. The third kappa shape index (κ3) is 3.19. The van der Waals surface area contributed by atoms with Crippen LogP contribution in [0.3, 0.4) is 0 Å². The Morgan fingerprint density at radius 3 is 2.68 bits per heavy atom. The van der Waals surface area contributed by atoms with Gasteiger partial charge in [-0.1, -0.05) is 39.0 Å². The lowest BCUT2D eigenvalue weighted by Crippen LogP contribution is -2.54. The van der Waals surface area contributed by atoms with E-state index in [-0.39, 0.29) is 29.0 Å². The highest BCUT2D eigenvalue weighted by Gasteiger charge is 2.55. The normalized spacial score (nSPS) is 40.4. The van der Waals surface area contributed by atoms with E-state index in [1.807, 2.05) is 6.08 Å². The van der Waals surface area contributed by atoms with E-state index < -0.39 is 0 Å². The SMILES string of the molecule is C=C1CCC2C(C)(C)[C@@H](O)CC[C@]2(C)[C@H]1C/C=C(/C(=O)OC)C1CO1. The van der Waals surface area contributed by atoms with Crippen molar-refractivity contribution in [2.75, 3.05) is 13.7 Å². The van der Waals surface area contributed by atoms with Crippen LogP contribution in [0.25, 0.3) is 0 Å². The second-order valence-electron chi connectivity index (χ2n) is 8.89. The fourth-order valence-corrected chi connectivity index (χ4v) is 5.54. The number of aliphatic hydroxyl groups excluding tert-OH is 1. The van der Waals surface area contributed by atoms with Crippen molar-refractivity contribution in [3.63, 3.8) is 0 Å². The molecule has 3 fully saturated rings. The lowest BCUT2D eigenvalue weighted by atomic mass is 9.46. The van der Waals surface area contributed by atoms with Crippen molar-refractivity contribution in [1.82, 2.24) is 0 Å². The van der Waals surface area contributed by atoms with Crippen molar-refractivity contribution >= 4 is 5.97 Å². The van der Waals surface area contributed by atoms with Gasteiger partial charge >= 0.3 is 5.97 Å². The Hall–Kier alpha value is -1.13. The number of carbonyl (C=O) groups is 1. The van der Waals surface area contributed by atoms with E-state index in [1.165, 1.54) is 12.7 Å². The van der Waals surface area contributed by atoms with Gasteiger partial charge in [0.1, 0.15) is 6.10 Å². The molecule has 0 amide bonds. The van der Waals surface area contributed by atoms with Gasteiger partial charge in [0.05, 0.1) is 25.4 Å². The Balaban J connectivity index is 1.86. The van der Waals surface area contributed by atoms with Gasteiger partial charge in [-0.2, -0.15) is 0 Å². The molecule has 2 aliphatic carbocycles. The van der Waals surface area contributed by atoms with Crippen LogP contribution in [0.2, 0.25) is 0 Å². The number of ether oxygens (including phenoxy) is 2. The van der Waals surface area contributed by atoms with Crippen LogP contribution < -0.4 is 0 Å². The fraction of sp³-hybridized carbons (Fsp3) is 0.762. The predicted molar refractivity (Wildman–Crippen MR) is 96.9 cm³/mol. The first-order valence-electron chi connectivity index (χ1n) is 9.47. The van der Waals surface area contributed by atoms with E-state index in [4.69, 9.17) is 9.47 Å². The Bertz CT molecular complexity index is 587. The van der Waals surface area contributed by atoms with Gasteiger partial charge in [0, 0.05) is 0 Å². The van der Waals surface area contributed by atoms with Crippen molar-refractivity contribution in [3.05, 3.63) is 23.8 Å². The molecule has 1 saturated heterocycles. The molecule has 1 aliphatic heterocycles. The molecule has 4 heteroatoms. The maximum Gasteiger partial charge on any atom is 0.336 e. The highest BCUT2D eigenvalue weighted by Crippen LogP contribution is 2.61. The van der Waals surface area contributed by atoms with Gasteiger partial charge in [0.2, 0.25) is 0 Å². The van der Waals surface area contributed by atoms with Crippen molar-refractivity contribution in [1.29, 1.82) is 0 Å². The summed E-state index contributed by atoms with van der Waals surface area (Å²) in [6, 6.07) is 0. The Morgan fingerprint density at radius 1 is 1.40 bits per heavy atom. The summed E-state index contributed by atoms with van der Waals surface area (Å²) in [5.41, 5.74) is 1.96. The molecule has 5 atom stereocenters. The van der Waals surface area contributed by atoms with Crippen molar-refractivity contribution in [2.24, 2.45) is 22.7 Å². The molecule has 1 heterocycles. The van der Waals surface area contributed by atoms with E-state index in [9.17, 15) is 9.90 Å². The molecule has 2 unspecified atom stereocenters. The van der Waals surface area contributed by atoms with Crippen LogP contribution in [0.1, 0.15) is 52.9 Å². The van der Waals surface area contributed by atoms with Crippen LogP contribution in [-0.4, -0.2) is 37.0 Å². The number of epoxide rings is 1. The number of esters is 1. The van der Waals surface area contributed by atoms with Gasteiger partial charge in [0.15, 0.2) is 0 Å². The summed E-state index contributed by atoms with van der Waals surface area (Å²) in [5, 5.41) is 10.5. The molecule has 0 radical (unpaired) electrons. The number of fused-ring (bicyclic) bond motifs is 1. The van der Waals surface area contributed by atoms with Crippen LogP contribution >= 0.6 is 0 Å². The van der Waals surface area contributed by atoms with Crippen molar-refractivity contribution < 1.29 is 19.4 Å². The molecule has 140 valence electrons. The molecule has 25 heavy (non-hydrogen) atoms. The monoisotopic (exact) mass is 348 g/mol. The smallest absolute Gasteiger partial charge is 0.336 e. The zero-order valence-electron chi connectivity index (χ0n) is 16.0. The van der Waals surface area contributed by atoms with Gasteiger partial charge in [-0.15, -0.1) is 0 Å². The summed E-state index contributed by atoms with van der Waals surface area (Å²) in [5.74, 6) is 0.507. The molecule has 4 nitrogen and oxygen atoms in total. The quantitative estimate of drug-likeness (QED) is 0.365. The molecule has 0 aromatic carbocycles. The molecule has 3 rings (SSSR count). The summed E-state index contributed by atoms with van der Waals surface area (Å²) in [6.45, 7) is 11.7. The molecule has 2 saturated carbocycles. The van der Waals surface area contributed by atoms with Crippen molar-refractivity contribution in [2.45, 2.75) is 65.1 Å². The average Bonchev–Trinajstić information content (AvgIpc) is 3.38. The number of hydrogen-bond donors (Lipinski definition) is 1. The number of methoxy groups -OCH3 is 1. The first kappa shape index (κ1) is 18.7. The second-order valence-corrected chi connectivity index (χ2v) is 8.89. The number of allylic oxidation sites excluding steroid dienone is 2. The number of aliphatic hydroxyl groups is 1. The molecule has 0 aromatic rings. The topological polar surface area (TPSA) is 59.1 Å². The van der Waals surface area contributed by atoms with Gasteiger partial charge < -0.3 is 14.6 Å². The Morgan fingerprint density at radius 2 is 2.08 bits per heavy atom. The zero-order chi connectivity index (χ0) is 18.4. The van der Waals surface area contributed by atoms with E-state index in [0.29, 0.717) is 24.0 Å². The fourth-order valence-electron chi connectivity index (χ4n) is 5.54. The van der Waals surface area contributed by atoms with E-state index in [2.05, 4.69) is 27.4 Å². The van der Waals surface area contributed by atoms with Gasteiger partial charge in [-0.3, -0.25) is 0 Å². The highest BCUT2D eigenvalue weighted by molar-refractivity contribution is 5.90. The van der Waals surface area contributed by atoms with Crippen LogP contribution in [0.4, 0.5) is 0 Å². The minimum absolute atomic E-state index is 0.0829. The Labute approximate surface area is 151 Å². The zero-order valence-corrected chi connectivity index (χ0v) is 16.0. The minimum Gasteiger partial charge on any atom is -0.466 e. The van der Waals surface area contributed by atoms with Crippen LogP contribution in [0, 0.1) is 22.7 Å². The van der Waals surface area contributed by atoms with E-state index in [0.717, 1.165) is 32.1 Å². The van der Waals surface area contributed by atoms with Crippen LogP contribution in [-0.2, 0) is 14.3 Å². The number of hydrogen-bond acceptors (Lipinski definition) is 4. The second kappa shape index (κ2) is 6.55. The number of rotatable bonds is 4. The molecule has 0 spiro atoms.